The van der Waals surface area contributed by atoms with Crippen molar-refractivity contribution in [3.63, 3.8) is 0 Å². The Labute approximate surface area is 201 Å². The van der Waals surface area contributed by atoms with Crippen LogP contribution in [0.25, 0.3) is 21.5 Å². The molecule has 3 rings (SSSR count). The molecule has 0 aliphatic carbocycles. The maximum absolute atomic E-state index is 12.5. The van der Waals surface area contributed by atoms with Crippen LogP contribution in [-0.4, -0.2) is 25.5 Å². The highest BCUT2D eigenvalue weighted by Gasteiger charge is 2.22. The van der Waals surface area contributed by atoms with E-state index in [2.05, 4.69) is 6.92 Å². The number of hydrogen-bond acceptors (Lipinski definition) is 6. The Balaban J connectivity index is 2.14. The summed E-state index contributed by atoms with van der Waals surface area (Å²) in [4.78, 5) is 25.0. The van der Waals surface area contributed by atoms with Gasteiger partial charge in [-0.3, -0.25) is 0 Å². The summed E-state index contributed by atoms with van der Waals surface area (Å²) in [6.45, 7) is 10.5. The molecule has 6 nitrogen and oxygen atoms in total. The number of aryl methyl sites for hydroxylation is 1. The summed E-state index contributed by atoms with van der Waals surface area (Å²) < 4.78 is 22.0. The second-order valence-corrected chi connectivity index (χ2v) is 9.30. The average molecular weight is 467 g/mol. The first-order valence-corrected chi connectivity index (χ1v) is 12.0. The Bertz CT molecular complexity index is 1150. The van der Waals surface area contributed by atoms with Gasteiger partial charge < -0.3 is 18.9 Å². The molecule has 34 heavy (non-hydrogen) atoms. The summed E-state index contributed by atoms with van der Waals surface area (Å²) in [5.74, 6) is 1.15. The highest BCUT2D eigenvalue weighted by atomic mass is 16.7. The monoisotopic (exact) mass is 466 g/mol. The lowest BCUT2D eigenvalue weighted by atomic mass is 9.97. The van der Waals surface area contributed by atoms with E-state index in [9.17, 15) is 9.59 Å². The number of fused-ring (bicyclic) bond motifs is 2. The third-order valence-electron chi connectivity index (χ3n) is 5.25. The standard InChI is InChI=1S/C28H34O6/c1-6-7-10-20-13-14-23-24(15-20)26(34-28(30)32-17-19(4)5)22-12-9-8-11-21(22)25(23)33-27(29)31-16-18(2)3/h8-9,11-15,18-19H,6-7,10,16-17H2,1-5H3. The van der Waals surface area contributed by atoms with E-state index in [0.29, 0.717) is 33.0 Å². The summed E-state index contributed by atoms with van der Waals surface area (Å²) >= 11 is 0. The first kappa shape index (κ1) is 25.3. The van der Waals surface area contributed by atoms with Crippen LogP contribution in [0, 0.1) is 11.8 Å². The molecule has 0 saturated carbocycles. The Kier molecular flexibility index (Phi) is 8.74. The lowest BCUT2D eigenvalue weighted by Gasteiger charge is -2.17. The number of unbranched alkanes of at least 4 members (excludes halogenated alkanes) is 1. The smallest absolute Gasteiger partial charge is 0.434 e. The number of benzene rings is 3. The van der Waals surface area contributed by atoms with Crippen molar-refractivity contribution in [3.8, 4) is 11.5 Å². The molecule has 0 unspecified atom stereocenters. The molecule has 0 aliphatic rings. The van der Waals surface area contributed by atoms with Crippen molar-refractivity contribution in [3.05, 3.63) is 48.0 Å². The van der Waals surface area contributed by atoms with E-state index < -0.39 is 12.3 Å². The van der Waals surface area contributed by atoms with Gasteiger partial charge in [0.1, 0.15) is 11.5 Å². The van der Waals surface area contributed by atoms with Crippen LogP contribution in [0.5, 0.6) is 11.5 Å². The normalized spacial score (nSPS) is 11.3. The Hall–Kier alpha value is -3.28. The predicted molar refractivity (Wildman–Crippen MR) is 134 cm³/mol. The largest absolute Gasteiger partial charge is 0.513 e. The van der Waals surface area contributed by atoms with Gasteiger partial charge in [0.2, 0.25) is 0 Å². The van der Waals surface area contributed by atoms with Gasteiger partial charge in [-0.2, -0.15) is 0 Å². The van der Waals surface area contributed by atoms with Crippen LogP contribution in [0.3, 0.4) is 0 Å². The summed E-state index contributed by atoms with van der Waals surface area (Å²) in [6, 6.07) is 13.3. The van der Waals surface area contributed by atoms with Crippen LogP contribution >= 0.6 is 0 Å². The van der Waals surface area contributed by atoms with Gasteiger partial charge in [0.25, 0.3) is 0 Å². The summed E-state index contributed by atoms with van der Waals surface area (Å²) in [5, 5.41) is 2.63. The molecule has 0 N–H and O–H groups in total. The fourth-order valence-electron chi connectivity index (χ4n) is 3.60. The zero-order chi connectivity index (χ0) is 24.7. The molecule has 0 aliphatic heterocycles. The zero-order valence-electron chi connectivity index (χ0n) is 20.7. The molecule has 0 saturated heterocycles. The van der Waals surface area contributed by atoms with E-state index in [1.807, 2.05) is 70.2 Å². The van der Waals surface area contributed by atoms with Crippen molar-refractivity contribution >= 4 is 33.9 Å². The molecule has 182 valence electrons. The van der Waals surface area contributed by atoms with Crippen LogP contribution < -0.4 is 9.47 Å². The van der Waals surface area contributed by atoms with Crippen molar-refractivity contribution in [1.29, 1.82) is 0 Å². The molecule has 0 heterocycles. The fourth-order valence-corrected chi connectivity index (χ4v) is 3.60. The molecule has 0 bridgehead atoms. The van der Waals surface area contributed by atoms with E-state index in [1.54, 1.807) is 0 Å². The second kappa shape index (κ2) is 11.7. The number of rotatable bonds is 9. The van der Waals surface area contributed by atoms with E-state index in [-0.39, 0.29) is 25.0 Å². The van der Waals surface area contributed by atoms with Crippen LogP contribution in [0.4, 0.5) is 9.59 Å². The molecule has 0 amide bonds. The molecule has 0 fully saturated rings. The minimum Gasteiger partial charge on any atom is -0.434 e. The van der Waals surface area contributed by atoms with Crippen LogP contribution in [-0.2, 0) is 15.9 Å². The van der Waals surface area contributed by atoms with Gasteiger partial charge in [-0.25, -0.2) is 9.59 Å². The first-order valence-electron chi connectivity index (χ1n) is 12.0. The van der Waals surface area contributed by atoms with Gasteiger partial charge in [0.15, 0.2) is 0 Å². The van der Waals surface area contributed by atoms with Crippen molar-refractivity contribution < 1.29 is 28.5 Å². The van der Waals surface area contributed by atoms with E-state index >= 15 is 0 Å². The van der Waals surface area contributed by atoms with Gasteiger partial charge >= 0.3 is 12.3 Å². The van der Waals surface area contributed by atoms with Gasteiger partial charge in [-0.1, -0.05) is 77.4 Å². The van der Waals surface area contributed by atoms with Gasteiger partial charge in [0.05, 0.1) is 13.2 Å². The lowest BCUT2D eigenvalue weighted by molar-refractivity contribution is 0.0879. The summed E-state index contributed by atoms with van der Waals surface area (Å²) in [6.07, 6.45) is 1.47. The Morgan fingerprint density at radius 3 is 1.74 bits per heavy atom. The molecular weight excluding hydrogens is 432 g/mol. The SMILES string of the molecule is CCCCc1ccc2c(OC(=O)OCC(C)C)c3ccccc3c(OC(=O)OCC(C)C)c2c1. The van der Waals surface area contributed by atoms with Gasteiger partial charge in [-0.05, 0) is 36.3 Å². The molecular formula is C28H34O6. The molecule has 3 aromatic carbocycles. The molecule has 3 aromatic rings. The second-order valence-electron chi connectivity index (χ2n) is 9.30. The van der Waals surface area contributed by atoms with E-state index in [0.717, 1.165) is 24.8 Å². The van der Waals surface area contributed by atoms with Crippen LogP contribution in [0.15, 0.2) is 42.5 Å². The van der Waals surface area contributed by atoms with Gasteiger partial charge in [0, 0.05) is 21.5 Å². The Morgan fingerprint density at radius 1 is 0.735 bits per heavy atom. The number of ether oxygens (including phenoxy) is 4. The molecule has 0 atom stereocenters. The molecule has 0 spiro atoms. The van der Waals surface area contributed by atoms with Crippen molar-refractivity contribution in [2.45, 2.75) is 53.9 Å². The summed E-state index contributed by atoms with van der Waals surface area (Å²) in [7, 11) is 0. The summed E-state index contributed by atoms with van der Waals surface area (Å²) in [5.41, 5.74) is 1.11. The van der Waals surface area contributed by atoms with E-state index in [1.165, 1.54) is 0 Å². The molecule has 6 heteroatoms. The maximum Gasteiger partial charge on any atom is 0.513 e. The minimum atomic E-state index is -0.764. The van der Waals surface area contributed by atoms with Crippen molar-refractivity contribution in [2.75, 3.05) is 13.2 Å². The fraction of sp³-hybridized carbons (Fsp3) is 0.429. The van der Waals surface area contributed by atoms with Crippen molar-refractivity contribution in [2.24, 2.45) is 11.8 Å². The Morgan fingerprint density at radius 2 is 1.24 bits per heavy atom. The van der Waals surface area contributed by atoms with Gasteiger partial charge in [-0.15, -0.1) is 0 Å². The molecule has 0 aromatic heterocycles. The predicted octanol–water partition coefficient (Wildman–Crippen LogP) is 7.68. The highest BCUT2D eigenvalue weighted by Crippen LogP contribution is 2.43. The molecule has 0 radical (unpaired) electrons. The number of carbonyl (C=O) groups excluding carboxylic acids is 2. The quantitative estimate of drug-likeness (QED) is 0.183. The first-order chi connectivity index (χ1) is 16.3. The third kappa shape index (κ3) is 6.40. The average Bonchev–Trinajstić information content (AvgIpc) is 2.81. The third-order valence-corrected chi connectivity index (χ3v) is 5.25. The highest BCUT2D eigenvalue weighted by molar-refractivity contribution is 6.12. The zero-order valence-corrected chi connectivity index (χ0v) is 20.7. The van der Waals surface area contributed by atoms with Crippen LogP contribution in [0.1, 0.15) is 53.0 Å². The number of hydrogen-bond donors (Lipinski definition) is 0. The van der Waals surface area contributed by atoms with Crippen LogP contribution in [0.2, 0.25) is 0 Å². The maximum atomic E-state index is 12.5. The lowest BCUT2D eigenvalue weighted by Crippen LogP contribution is -2.16. The van der Waals surface area contributed by atoms with Crippen molar-refractivity contribution in [1.82, 2.24) is 0 Å². The number of carbonyl (C=O) groups is 2. The topological polar surface area (TPSA) is 71.1 Å². The minimum absolute atomic E-state index is 0.189. The van der Waals surface area contributed by atoms with E-state index in [4.69, 9.17) is 18.9 Å².